The molecule has 5 nitrogen and oxygen atoms in total. The fourth-order valence-electron chi connectivity index (χ4n) is 2.69. The van der Waals surface area contributed by atoms with Crippen LogP contribution in [0, 0.1) is 0 Å². The van der Waals surface area contributed by atoms with Crippen molar-refractivity contribution in [3.8, 4) is 0 Å². The Balaban J connectivity index is 1.76. The minimum Gasteiger partial charge on any atom is -0.348 e. The van der Waals surface area contributed by atoms with Gasteiger partial charge < -0.3 is 10.6 Å². The molecule has 0 bridgehead atoms. The molecule has 24 heavy (non-hydrogen) atoms. The summed E-state index contributed by atoms with van der Waals surface area (Å²) in [5.41, 5.74) is 1.58. The number of carbonyl (C=O) groups excluding carboxylic acids is 3. The predicted octanol–water partition coefficient (Wildman–Crippen LogP) is 1.36. The first-order valence-corrected chi connectivity index (χ1v) is 8.87. The second-order valence-electron chi connectivity index (χ2n) is 5.60. The summed E-state index contributed by atoms with van der Waals surface area (Å²) >= 11 is 1.70. The normalized spacial score (nSPS) is 20.6. The van der Waals surface area contributed by atoms with E-state index in [4.69, 9.17) is 0 Å². The van der Waals surface area contributed by atoms with Gasteiger partial charge in [0.15, 0.2) is 0 Å². The Morgan fingerprint density at radius 1 is 1.21 bits per heavy atom. The lowest BCUT2D eigenvalue weighted by atomic mass is 9.92. The average molecular weight is 342 g/mol. The quantitative estimate of drug-likeness (QED) is 0.624. The number of benzene rings is 1. The fourth-order valence-corrected chi connectivity index (χ4v) is 3.73. The first-order chi connectivity index (χ1) is 11.6. The second kappa shape index (κ2) is 7.59. The van der Waals surface area contributed by atoms with E-state index in [1.54, 1.807) is 11.8 Å². The maximum Gasteiger partial charge on any atom is 0.251 e. The van der Waals surface area contributed by atoms with Crippen molar-refractivity contribution >= 4 is 29.2 Å². The Bertz CT molecular complexity index is 719. The summed E-state index contributed by atoms with van der Waals surface area (Å²) in [5.74, 6) is -0.496. The topological polar surface area (TPSA) is 75.3 Å². The highest BCUT2D eigenvalue weighted by molar-refractivity contribution is 8.00. The van der Waals surface area contributed by atoms with Crippen molar-refractivity contribution in [2.75, 3.05) is 12.3 Å². The van der Waals surface area contributed by atoms with Crippen molar-refractivity contribution in [3.05, 3.63) is 59.2 Å². The van der Waals surface area contributed by atoms with Gasteiger partial charge in [-0.15, -0.1) is 11.8 Å². The van der Waals surface area contributed by atoms with Crippen molar-refractivity contribution < 1.29 is 14.4 Å². The number of amides is 1. The molecule has 0 aromatic heterocycles. The number of allylic oxidation sites excluding steroid dienone is 1. The van der Waals surface area contributed by atoms with Gasteiger partial charge in [0.1, 0.15) is 0 Å². The second-order valence-corrected chi connectivity index (χ2v) is 6.92. The third-order valence-electron chi connectivity index (χ3n) is 3.95. The van der Waals surface area contributed by atoms with Gasteiger partial charge >= 0.3 is 0 Å². The van der Waals surface area contributed by atoms with Crippen LogP contribution in [0.25, 0.3) is 0 Å². The molecule has 1 saturated heterocycles. The molecule has 1 heterocycles. The van der Waals surface area contributed by atoms with Gasteiger partial charge in [0, 0.05) is 36.4 Å². The first-order valence-electron chi connectivity index (χ1n) is 7.82. The number of Topliss-reactive ketones (excluding diaryl/α,β-unsaturated/α-hetero) is 1. The van der Waals surface area contributed by atoms with E-state index in [0.717, 1.165) is 17.9 Å². The Morgan fingerprint density at radius 2 is 2.00 bits per heavy atom. The molecule has 1 aliphatic carbocycles. The maximum absolute atomic E-state index is 12.5. The molecule has 1 unspecified atom stereocenters. The van der Waals surface area contributed by atoms with Crippen LogP contribution in [0.2, 0.25) is 0 Å². The van der Waals surface area contributed by atoms with Crippen LogP contribution in [-0.2, 0) is 20.9 Å². The van der Waals surface area contributed by atoms with Crippen LogP contribution < -0.4 is 10.6 Å². The molecular formula is C18H18N2O3S. The smallest absolute Gasteiger partial charge is 0.251 e. The third kappa shape index (κ3) is 3.83. The molecule has 3 rings (SSSR count). The van der Waals surface area contributed by atoms with Crippen molar-refractivity contribution in [3.63, 3.8) is 0 Å². The molecule has 2 N–H and O–H groups in total. The van der Waals surface area contributed by atoms with Crippen molar-refractivity contribution in [2.45, 2.75) is 18.3 Å². The SMILES string of the molecule is O=C1C=CC(C(=O)NCc2ccccc2)=C(CC2NCCS2)C1=O. The summed E-state index contributed by atoms with van der Waals surface area (Å²) < 4.78 is 0. The van der Waals surface area contributed by atoms with E-state index in [1.165, 1.54) is 12.2 Å². The van der Waals surface area contributed by atoms with Gasteiger partial charge in [0.25, 0.3) is 5.91 Å². The summed E-state index contributed by atoms with van der Waals surface area (Å²) in [5, 5.41) is 6.16. The summed E-state index contributed by atoms with van der Waals surface area (Å²) in [4.78, 5) is 36.4. The lowest BCUT2D eigenvalue weighted by Crippen LogP contribution is -2.31. The van der Waals surface area contributed by atoms with E-state index >= 15 is 0 Å². The molecule has 1 atom stereocenters. The molecule has 1 amide bonds. The lowest BCUT2D eigenvalue weighted by molar-refractivity contribution is -0.132. The van der Waals surface area contributed by atoms with E-state index in [9.17, 15) is 14.4 Å². The number of nitrogens with one attached hydrogen (secondary N) is 2. The molecule has 6 heteroatoms. The van der Waals surface area contributed by atoms with E-state index in [0.29, 0.717) is 24.1 Å². The standard InChI is InChI=1S/C18H18N2O3S/c21-15-7-6-13(14(17(15)22)10-16-19-8-9-24-16)18(23)20-11-12-4-2-1-3-5-12/h1-7,16,19H,8-11H2,(H,20,23). The molecule has 124 valence electrons. The van der Waals surface area contributed by atoms with Gasteiger partial charge in [0.2, 0.25) is 11.6 Å². The lowest BCUT2D eigenvalue weighted by Gasteiger charge is -2.17. The number of hydrogen-bond acceptors (Lipinski definition) is 5. The van der Waals surface area contributed by atoms with Crippen LogP contribution in [0.4, 0.5) is 0 Å². The van der Waals surface area contributed by atoms with Crippen LogP contribution >= 0.6 is 11.8 Å². The summed E-state index contributed by atoms with van der Waals surface area (Å²) in [7, 11) is 0. The van der Waals surface area contributed by atoms with Gasteiger partial charge in [-0.25, -0.2) is 0 Å². The van der Waals surface area contributed by atoms with Crippen LogP contribution in [0.5, 0.6) is 0 Å². The molecule has 0 radical (unpaired) electrons. The molecule has 0 spiro atoms. The summed E-state index contributed by atoms with van der Waals surface area (Å²) in [6.07, 6.45) is 3.02. The number of ketones is 2. The monoisotopic (exact) mass is 342 g/mol. The van der Waals surface area contributed by atoms with Gasteiger partial charge in [-0.1, -0.05) is 30.3 Å². The molecule has 1 aromatic carbocycles. The van der Waals surface area contributed by atoms with E-state index in [2.05, 4.69) is 10.6 Å². The average Bonchev–Trinajstić information content (AvgIpc) is 3.11. The highest BCUT2D eigenvalue weighted by Gasteiger charge is 2.30. The number of thioether (sulfide) groups is 1. The van der Waals surface area contributed by atoms with E-state index < -0.39 is 11.6 Å². The third-order valence-corrected chi connectivity index (χ3v) is 5.12. The molecule has 2 aliphatic rings. The van der Waals surface area contributed by atoms with Crippen molar-refractivity contribution in [2.24, 2.45) is 0 Å². The van der Waals surface area contributed by atoms with E-state index in [-0.39, 0.29) is 11.3 Å². The first kappa shape index (κ1) is 16.7. The van der Waals surface area contributed by atoms with Crippen LogP contribution in [0.1, 0.15) is 12.0 Å². The van der Waals surface area contributed by atoms with Gasteiger partial charge in [0.05, 0.1) is 5.37 Å². The zero-order chi connectivity index (χ0) is 16.9. The Labute approximate surface area is 144 Å². The largest absolute Gasteiger partial charge is 0.348 e. The molecule has 1 aliphatic heterocycles. The number of carbonyl (C=O) groups is 3. The van der Waals surface area contributed by atoms with Crippen molar-refractivity contribution in [1.82, 2.24) is 10.6 Å². The fraction of sp³-hybridized carbons (Fsp3) is 0.278. The van der Waals surface area contributed by atoms with Gasteiger partial charge in [-0.3, -0.25) is 14.4 Å². The Kier molecular flexibility index (Phi) is 5.27. The zero-order valence-corrected chi connectivity index (χ0v) is 13.9. The van der Waals surface area contributed by atoms with Crippen molar-refractivity contribution in [1.29, 1.82) is 0 Å². The Morgan fingerprint density at radius 3 is 2.71 bits per heavy atom. The molecule has 1 fully saturated rings. The zero-order valence-electron chi connectivity index (χ0n) is 13.1. The maximum atomic E-state index is 12.5. The van der Waals surface area contributed by atoms with Crippen LogP contribution in [-0.4, -0.2) is 35.1 Å². The molecular weight excluding hydrogens is 324 g/mol. The Hall–Kier alpha value is -2.18. The van der Waals surface area contributed by atoms with E-state index in [1.807, 2.05) is 30.3 Å². The summed E-state index contributed by atoms with van der Waals surface area (Å²) in [6, 6.07) is 9.54. The molecule has 1 aromatic rings. The van der Waals surface area contributed by atoms with Crippen LogP contribution in [0.15, 0.2) is 53.6 Å². The van der Waals surface area contributed by atoms with Gasteiger partial charge in [-0.2, -0.15) is 0 Å². The van der Waals surface area contributed by atoms with Crippen LogP contribution in [0.3, 0.4) is 0 Å². The minimum absolute atomic E-state index is 0.0696. The summed E-state index contributed by atoms with van der Waals surface area (Å²) in [6.45, 7) is 1.25. The number of rotatable bonds is 5. The predicted molar refractivity (Wildman–Crippen MR) is 93.3 cm³/mol. The highest BCUT2D eigenvalue weighted by Crippen LogP contribution is 2.26. The van der Waals surface area contributed by atoms with Gasteiger partial charge in [-0.05, 0) is 17.7 Å². The highest BCUT2D eigenvalue weighted by atomic mass is 32.2. The number of hydrogen-bond donors (Lipinski definition) is 2. The minimum atomic E-state index is -0.573. The molecule has 0 saturated carbocycles.